The van der Waals surface area contributed by atoms with Gasteiger partial charge in [-0.05, 0) is 50.7 Å². The molecule has 0 radical (unpaired) electrons. The molecule has 172 valence electrons. The van der Waals surface area contributed by atoms with E-state index in [-0.39, 0.29) is 18.6 Å². The largest absolute Gasteiger partial charge is 0.493 e. The highest BCUT2D eigenvalue weighted by molar-refractivity contribution is 5.50. The number of benzene rings is 2. The van der Waals surface area contributed by atoms with Crippen LogP contribution < -0.4 is 9.47 Å². The zero-order valence-corrected chi connectivity index (χ0v) is 19.3. The molecule has 0 bridgehead atoms. The van der Waals surface area contributed by atoms with Crippen molar-refractivity contribution in [1.82, 2.24) is 0 Å². The van der Waals surface area contributed by atoms with Gasteiger partial charge in [0.15, 0.2) is 0 Å². The quantitative estimate of drug-likeness (QED) is 0.328. The maximum atomic E-state index is 8.91. The molecule has 0 saturated heterocycles. The van der Waals surface area contributed by atoms with Crippen molar-refractivity contribution in [1.29, 1.82) is 0 Å². The van der Waals surface area contributed by atoms with Gasteiger partial charge in [0.1, 0.15) is 11.5 Å². The van der Waals surface area contributed by atoms with Crippen molar-refractivity contribution in [2.45, 2.75) is 70.6 Å². The predicted molar refractivity (Wildman–Crippen MR) is 127 cm³/mol. The minimum Gasteiger partial charge on any atom is -0.493 e. The van der Waals surface area contributed by atoms with E-state index in [4.69, 9.17) is 19.7 Å². The van der Waals surface area contributed by atoms with Gasteiger partial charge < -0.3 is 19.7 Å². The molecule has 0 amide bonds. The maximum absolute atomic E-state index is 8.91. The number of ether oxygens (including phenoxy) is 2. The Morgan fingerprint density at radius 3 is 1.39 bits per heavy atom. The predicted octanol–water partition coefficient (Wildman–Crippen LogP) is 5.88. The average Bonchev–Trinajstić information content (AvgIpc) is 2.79. The van der Waals surface area contributed by atoms with Crippen LogP contribution in [0.3, 0.4) is 0 Å². The van der Waals surface area contributed by atoms with E-state index >= 15 is 0 Å². The Morgan fingerprint density at radius 1 is 0.581 bits per heavy atom. The lowest BCUT2D eigenvalue weighted by Crippen LogP contribution is -2.21. The first-order valence-corrected chi connectivity index (χ1v) is 11.8. The SMILES string of the molecule is CC(C)(c1ccccc1OCCCCCCO)c1ccccc1OCCCCCCO. The van der Waals surface area contributed by atoms with Gasteiger partial charge in [0, 0.05) is 29.8 Å². The van der Waals surface area contributed by atoms with Gasteiger partial charge in [-0.1, -0.05) is 63.1 Å². The standard InChI is InChI=1S/C27H40O4/c1-27(2,23-15-7-9-17-25(23)30-21-13-5-3-11-19-28)24-16-8-10-18-26(24)31-22-14-6-4-12-20-29/h7-10,15-18,28-29H,3-6,11-14,19-22H2,1-2H3. The highest BCUT2D eigenvalue weighted by Crippen LogP contribution is 2.41. The first-order valence-electron chi connectivity index (χ1n) is 11.8. The van der Waals surface area contributed by atoms with Gasteiger partial charge in [-0.15, -0.1) is 0 Å². The minimum atomic E-state index is -0.263. The third-order valence-electron chi connectivity index (χ3n) is 5.74. The van der Waals surface area contributed by atoms with Gasteiger partial charge in [-0.25, -0.2) is 0 Å². The van der Waals surface area contributed by atoms with Crippen LogP contribution in [0.5, 0.6) is 11.5 Å². The summed E-state index contributed by atoms with van der Waals surface area (Å²) in [6.07, 6.45) is 7.93. The lowest BCUT2D eigenvalue weighted by atomic mass is 9.77. The third-order valence-corrected chi connectivity index (χ3v) is 5.74. The minimum absolute atomic E-state index is 0.263. The molecule has 2 aromatic rings. The molecule has 0 spiro atoms. The molecule has 0 fully saturated rings. The summed E-state index contributed by atoms with van der Waals surface area (Å²) >= 11 is 0. The molecule has 2 N–H and O–H groups in total. The van der Waals surface area contributed by atoms with Crippen molar-refractivity contribution in [3.63, 3.8) is 0 Å². The van der Waals surface area contributed by atoms with Crippen molar-refractivity contribution < 1.29 is 19.7 Å². The van der Waals surface area contributed by atoms with Gasteiger partial charge in [0.05, 0.1) is 13.2 Å². The first kappa shape index (κ1) is 25.2. The molecular formula is C27H40O4. The van der Waals surface area contributed by atoms with Crippen LogP contribution in [-0.2, 0) is 5.41 Å². The van der Waals surface area contributed by atoms with Gasteiger partial charge in [0.25, 0.3) is 0 Å². The summed E-state index contributed by atoms with van der Waals surface area (Å²) in [5.41, 5.74) is 2.05. The summed E-state index contributed by atoms with van der Waals surface area (Å²) in [4.78, 5) is 0. The van der Waals surface area contributed by atoms with Gasteiger partial charge in [-0.2, -0.15) is 0 Å². The molecule has 2 aromatic carbocycles. The topological polar surface area (TPSA) is 58.9 Å². The van der Waals surface area contributed by atoms with Crippen molar-refractivity contribution >= 4 is 0 Å². The molecule has 0 aromatic heterocycles. The summed E-state index contributed by atoms with van der Waals surface area (Å²) in [5, 5.41) is 17.8. The average molecular weight is 429 g/mol. The van der Waals surface area contributed by atoms with Crippen LogP contribution in [0.1, 0.15) is 76.3 Å². The summed E-state index contributed by atoms with van der Waals surface area (Å²) in [7, 11) is 0. The molecule has 4 heteroatoms. The Balaban J connectivity index is 2.06. The number of hydrogen-bond donors (Lipinski definition) is 2. The maximum Gasteiger partial charge on any atom is 0.123 e. The monoisotopic (exact) mass is 428 g/mol. The van der Waals surface area contributed by atoms with Crippen LogP contribution in [-0.4, -0.2) is 36.6 Å². The number of hydrogen-bond acceptors (Lipinski definition) is 4. The Kier molecular flexibility index (Phi) is 11.5. The van der Waals surface area contributed by atoms with Crippen LogP contribution in [0.25, 0.3) is 0 Å². The molecular weight excluding hydrogens is 388 g/mol. The Labute approximate surface area is 188 Å². The summed E-state index contributed by atoms with van der Waals surface area (Å²) in [6.45, 7) is 6.35. The van der Waals surface area contributed by atoms with Gasteiger partial charge >= 0.3 is 0 Å². The molecule has 0 saturated carbocycles. The molecule has 2 rings (SSSR count). The van der Waals surface area contributed by atoms with E-state index in [0.717, 1.165) is 74.0 Å². The second-order valence-corrected chi connectivity index (χ2v) is 8.59. The van der Waals surface area contributed by atoms with Gasteiger partial charge in [0.2, 0.25) is 0 Å². The van der Waals surface area contributed by atoms with Crippen molar-refractivity contribution in [2.75, 3.05) is 26.4 Å². The third kappa shape index (κ3) is 8.19. The zero-order valence-electron chi connectivity index (χ0n) is 19.3. The summed E-state index contributed by atoms with van der Waals surface area (Å²) in [5.74, 6) is 1.85. The molecule has 0 aliphatic heterocycles. The van der Waals surface area contributed by atoms with E-state index in [0.29, 0.717) is 13.2 Å². The summed E-state index contributed by atoms with van der Waals surface area (Å²) < 4.78 is 12.4. The second kappa shape index (κ2) is 14.1. The molecule has 0 atom stereocenters. The van der Waals surface area contributed by atoms with Crippen molar-refractivity contribution in [3.05, 3.63) is 59.7 Å². The van der Waals surface area contributed by atoms with Crippen LogP contribution in [0.15, 0.2) is 48.5 Å². The fraction of sp³-hybridized carbons (Fsp3) is 0.556. The van der Waals surface area contributed by atoms with Crippen molar-refractivity contribution in [3.8, 4) is 11.5 Å². The lowest BCUT2D eigenvalue weighted by Gasteiger charge is -2.30. The molecule has 0 aliphatic rings. The smallest absolute Gasteiger partial charge is 0.123 e. The summed E-state index contributed by atoms with van der Waals surface area (Å²) in [6, 6.07) is 16.6. The van der Waals surface area contributed by atoms with Gasteiger partial charge in [-0.3, -0.25) is 0 Å². The molecule has 31 heavy (non-hydrogen) atoms. The number of para-hydroxylation sites is 2. The zero-order chi connectivity index (χ0) is 22.4. The first-order chi connectivity index (χ1) is 15.1. The highest BCUT2D eigenvalue weighted by Gasteiger charge is 2.29. The fourth-order valence-electron chi connectivity index (χ4n) is 3.86. The normalized spacial score (nSPS) is 11.5. The highest BCUT2D eigenvalue weighted by atomic mass is 16.5. The lowest BCUT2D eigenvalue weighted by molar-refractivity contribution is 0.270. The van der Waals surface area contributed by atoms with Crippen LogP contribution in [0, 0.1) is 0 Å². The van der Waals surface area contributed by atoms with E-state index < -0.39 is 0 Å². The van der Waals surface area contributed by atoms with Crippen molar-refractivity contribution in [2.24, 2.45) is 0 Å². The van der Waals surface area contributed by atoms with E-state index in [9.17, 15) is 0 Å². The van der Waals surface area contributed by atoms with E-state index in [2.05, 4.69) is 50.2 Å². The van der Waals surface area contributed by atoms with E-state index in [1.54, 1.807) is 0 Å². The number of unbranched alkanes of at least 4 members (excludes halogenated alkanes) is 6. The number of aliphatic hydroxyl groups is 2. The van der Waals surface area contributed by atoms with E-state index in [1.165, 1.54) is 0 Å². The van der Waals surface area contributed by atoms with Crippen LogP contribution >= 0.6 is 0 Å². The van der Waals surface area contributed by atoms with E-state index in [1.807, 2.05) is 12.1 Å². The molecule has 4 nitrogen and oxygen atoms in total. The number of rotatable bonds is 16. The Morgan fingerprint density at radius 2 is 0.968 bits per heavy atom. The Bertz CT molecular complexity index is 680. The number of aliphatic hydroxyl groups excluding tert-OH is 2. The molecule has 0 unspecified atom stereocenters. The Hall–Kier alpha value is -2.04. The fourth-order valence-corrected chi connectivity index (χ4v) is 3.86. The molecule has 0 aliphatic carbocycles. The molecule has 0 heterocycles. The second-order valence-electron chi connectivity index (χ2n) is 8.59. The van der Waals surface area contributed by atoms with Crippen LogP contribution in [0.4, 0.5) is 0 Å². The van der Waals surface area contributed by atoms with Crippen LogP contribution in [0.2, 0.25) is 0 Å².